The van der Waals surface area contributed by atoms with E-state index in [1.807, 2.05) is 0 Å². The van der Waals surface area contributed by atoms with Crippen LogP contribution in [-0.2, 0) is 5.41 Å². The molecule has 52 heavy (non-hydrogen) atoms. The third-order valence-electron chi connectivity index (χ3n) is 11.8. The van der Waals surface area contributed by atoms with E-state index in [2.05, 4.69) is 194 Å². The molecule has 1 aliphatic carbocycles. The van der Waals surface area contributed by atoms with E-state index in [0.717, 1.165) is 0 Å². The van der Waals surface area contributed by atoms with Crippen LogP contribution in [0.15, 0.2) is 176 Å². The minimum atomic E-state index is -0.0437. The van der Waals surface area contributed by atoms with E-state index in [0.29, 0.717) is 0 Å². The average molecular weight is 662 g/mol. The van der Waals surface area contributed by atoms with E-state index in [1.54, 1.807) is 0 Å². The minimum absolute atomic E-state index is 0.0437. The number of hydrogen-bond donors (Lipinski definition) is 0. The maximum atomic E-state index is 2.49. The van der Waals surface area contributed by atoms with E-state index in [-0.39, 0.29) is 5.41 Å². The van der Waals surface area contributed by atoms with Crippen LogP contribution in [0.2, 0.25) is 0 Å². The van der Waals surface area contributed by atoms with Gasteiger partial charge >= 0.3 is 0 Å². The monoisotopic (exact) mass is 661 g/mol. The lowest BCUT2D eigenvalue weighted by atomic mass is 9.81. The summed E-state index contributed by atoms with van der Waals surface area (Å²) in [5, 5.41) is 10.4. The quantitative estimate of drug-likeness (QED) is 0.166. The lowest BCUT2D eigenvalue weighted by Crippen LogP contribution is -2.14. The third kappa shape index (κ3) is 4.11. The summed E-state index contributed by atoms with van der Waals surface area (Å²) in [5.74, 6) is 0. The Balaban J connectivity index is 1.07. The molecule has 0 amide bonds. The van der Waals surface area contributed by atoms with Crippen molar-refractivity contribution in [2.75, 3.05) is 0 Å². The highest BCUT2D eigenvalue weighted by Gasteiger charge is 2.35. The zero-order chi connectivity index (χ0) is 34.6. The van der Waals surface area contributed by atoms with Gasteiger partial charge in [0.05, 0.1) is 11.0 Å². The number of hydrogen-bond acceptors (Lipinski definition) is 0. The summed E-state index contributed by atoms with van der Waals surface area (Å²) in [7, 11) is 0. The standard InChI is InChI=1S/C51H35N/c1-51(2)47-21-10-8-19-40(47)45-30-43-38-18-7-6-17-37(38)42-28-34(23-25-39(42)44(43)31-48(45)51)32-13-12-14-33(27-32)35-24-26-50-46(29-35)41-20-9-11-22-49(41)52(50)36-15-4-3-5-16-36/h3-31H,1-2H3. The number of para-hydroxylation sites is 2. The molecule has 11 rings (SSSR count). The molecule has 0 saturated heterocycles. The summed E-state index contributed by atoms with van der Waals surface area (Å²) in [4.78, 5) is 0. The Morgan fingerprint density at radius 3 is 1.67 bits per heavy atom. The van der Waals surface area contributed by atoms with Crippen LogP contribution in [0.4, 0.5) is 0 Å². The first kappa shape index (κ1) is 29.3. The zero-order valence-electron chi connectivity index (χ0n) is 29.2. The molecular formula is C51H35N. The molecule has 0 aliphatic heterocycles. The molecule has 0 radical (unpaired) electrons. The highest BCUT2D eigenvalue weighted by molar-refractivity contribution is 6.26. The van der Waals surface area contributed by atoms with Gasteiger partial charge < -0.3 is 4.57 Å². The van der Waals surface area contributed by atoms with E-state index in [4.69, 9.17) is 0 Å². The van der Waals surface area contributed by atoms with Crippen molar-refractivity contribution in [1.82, 2.24) is 4.57 Å². The summed E-state index contributed by atoms with van der Waals surface area (Å²) < 4.78 is 2.38. The Hall–Kier alpha value is -6.44. The van der Waals surface area contributed by atoms with Gasteiger partial charge in [-0.1, -0.05) is 135 Å². The van der Waals surface area contributed by atoms with Gasteiger partial charge in [-0.05, 0) is 131 Å². The van der Waals surface area contributed by atoms with Gasteiger partial charge in [0.1, 0.15) is 0 Å². The van der Waals surface area contributed by atoms with Crippen LogP contribution in [0.1, 0.15) is 25.0 Å². The second kappa shape index (κ2) is 10.8. The predicted octanol–water partition coefficient (Wildman–Crippen LogP) is 13.9. The van der Waals surface area contributed by atoms with Crippen LogP contribution < -0.4 is 0 Å². The molecule has 0 atom stereocenters. The fraction of sp³-hybridized carbons (Fsp3) is 0.0588. The maximum Gasteiger partial charge on any atom is 0.0541 e. The normalized spacial score (nSPS) is 13.3. The zero-order valence-corrected chi connectivity index (χ0v) is 29.2. The number of fused-ring (bicyclic) bond motifs is 12. The van der Waals surface area contributed by atoms with Crippen LogP contribution in [0.3, 0.4) is 0 Å². The van der Waals surface area contributed by atoms with E-state index in [9.17, 15) is 0 Å². The highest BCUT2D eigenvalue weighted by Crippen LogP contribution is 2.51. The Labute approximate surface area is 303 Å². The van der Waals surface area contributed by atoms with E-state index < -0.39 is 0 Å². The Kier molecular flexibility index (Phi) is 6.08. The van der Waals surface area contributed by atoms with Gasteiger partial charge in [-0.25, -0.2) is 0 Å². The van der Waals surface area contributed by atoms with Crippen LogP contribution in [0, 0.1) is 0 Å². The molecular weight excluding hydrogens is 627 g/mol. The first-order valence-corrected chi connectivity index (χ1v) is 18.3. The van der Waals surface area contributed by atoms with Crippen molar-refractivity contribution in [1.29, 1.82) is 0 Å². The molecule has 1 aromatic heterocycles. The van der Waals surface area contributed by atoms with Crippen molar-refractivity contribution in [3.8, 4) is 39.1 Å². The van der Waals surface area contributed by atoms with Gasteiger partial charge in [-0.2, -0.15) is 0 Å². The van der Waals surface area contributed by atoms with Gasteiger partial charge in [0, 0.05) is 21.9 Å². The summed E-state index contributed by atoms with van der Waals surface area (Å²) in [6.07, 6.45) is 0. The SMILES string of the molecule is CC1(C)c2ccccc2-c2cc3c4ccccc4c4cc(-c5cccc(-c6ccc7c(c6)c6ccccc6n7-c6ccccc6)c5)ccc4c3cc21. The largest absolute Gasteiger partial charge is 0.309 e. The molecule has 0 saturated carbocycles. The lowest BCUT2D eigenvalue weighted by molar-refractivity contribution is 0.661. The number of aromatic nitrogens is 1. The van der Waals surface area contributed by atoms with E-state index in [1.165, 1.54) is 104 Å². The lowest BCUT2D eigenvalue weighted by Gasteiger charge is -2.22. The Morgan fingerprint density at radius 1 is 0.327 bits per heavy atom. The average Bonchev–Trinajstić information content (AvgIpc) is 3.65. The van der Waals surface area contributed by atoms with Gasteiger partial charge in [0.25, 0.3) is 0 Å². The summed E-state index contributed by atoms with van der Waals surface area (Å²) >= 11 is 0. The Bertz CT molecular complexity index is 3090. The topological polar surface area (TPSA) is 4.93 Å². The van der Waals surface area contributed by atoms with Crippen LogP contribution >= 0.6 is 0 Å². The Morgan fingerprint density at radius 2 is 0.885 bits per heavy atom. The molecule has 1 nitrogen and oxygen atoms in total. The van der Waals surface area contributed by atoms with Crippen molar-refractivity contribution in [3.63, 3.8) is 0 Å². The van der Waals surface area contributed by atoms with Crippen molar-refractivity contribution >= 4 is 54.1 Å². The molecule has 0 fully saturated rings. The molecule has 0 spiro atoms. The molecule has 9 aromatic carbocycles. The first-order valence-electron chi connectivity index (χ1n) is 18.3. The second-order valence-corrected chi connectivity index (χ2v) is 14.9. The van der Waals surface area contributed by atoms with E-state index >= 15 is 0 Å². The molecule has 10 aromatic rings. The van der Waals surface area contributed by atoms with Gasteiger partial charge in [-0.15, -0.1) is 0 Å². The van der Waals surface area contributed by atoms with Crippen LogP contribution in [-0.4, -0.2) is 4.57 Å². The number of rotatable bonds is 3. The maximum absolute atomic E-state index is 2.49. The molecule has 0 bridgehead atoms. The van der Waals surface area contributed by atoms with Gasteiger partial charge in [0.15, 0.2) is 0 Å². The molecule has 244 valence electrons. The fourth-order valence-corrected chi connectivity index (χ4v) is 9.21. The second-order valence-electron chi connectivity index (χ2n) is 14.9. The summed E-state index contributed by atoms with van der Waals surface area (Å²) in [6.45, 7) is 4.74. The predicted molar refractivity (Wildman–Crippen MR) is 222 cm³/mol. The molecule has 1 heteroatoms. The van der Waals surface area contributed by atoms with Crippen molar-refractivity contribution in [2.24, 2.45) is 0 Å². The molecule has 0 unspecified atom stereocenters. The molecule has 0 N–H and O–H groups in total. The van der Waals surface area contributed by atoms with Crippen LogP contribution in [0.25, 0.3) is 93.2 Å². The van der Waals surface area contributed by atoms with Crippen molar-refractivity contribution < 1.29 is 0 Å². The first-order chi connectivity index (χ1) is 25.5. The minimum Gasteiger partial charge on any atom is -0.309 e. The van der Waals surface area contributed by atoms with Crippen molar-refractivity contribution in [3.05, 3.63) is 187 Å². The number of benzene rings is 9. The van der Waals surface area contributed by atoms with Gasteiger partial charge in [-0.3, -0.25) is 0 Å². The van der Waals surface area contributed by atoms with Crippen molar-refractivity contribution in [2.45, 2.75) is 19.3 Å². The third-order valence-corrected chi connectivity index (χ3v) is 11.8. The summed E-state index contributed by atoms with van der Waals surface area (Å²) in [6, 6.07) is 65.3. The fourth-order valence-electron chi connectivity index (χ4n) is 9.21. The smallest absolute Gasteiger partial charge is 0.0541 e. The molecule has 1 aliphatic rings. The highest BCUT2D eigenvalue weighted by atomic mass is 15.0. The van der Waals surface area contributed by atoms with Gasteiger partial charge in [0.2, 0.25) is 0 Å². The summed E-state index contributed by atoms with van der Waals surface area (Å²) in [5.41, 5.74) is 14.0. The number of nitrogens with zero attached hydrogens (tertiary/aromatic N) is 1. The molecule has 1 heterocycles. The van der Waals surface area contributed by atoms with Crippen LogP contribution in [0.5, 0.6) is 0 Å².